The Morgan fingerprint density at radius 3 is 2.67 bits per heavy atom. The monoisotopic (exact) mass is 399 g/mol. The van der Waals surface area contributed by atoms with Crippen LogP contribution < -0.4 is 10.1 Å². The molecule has 0 radical (unpaired) electrons. The number of pyridine rings is 1. The highest BCUT2D eigenvalue weighted by molar-refractivity contribution is 5.95. The fourth-order valence-corrected chi connectivity index (χ4v) is 3.40. The number of benzene rings is 2. The maximum absolute atomic E-state index is 11.8. The zero-order valence-corrected chi connectivity index (χ0v) is 16.6. The quantitative estimate of drug-likeness (QED) is 0.557. The van der Waals surface area contributed by atoms with Crippen LogP contribution in [0.5, 0.6) is 5.75 Å². The van der Waals surface area contributed by atoms with E-state index in [1.807, 2.05) is 37.3 Å². The normalized spacial score (nSPS) is 12.8. The minimum atomic E-state index is -1.02. The summed E-state index contributed by atoms with van der Waals surface area (Å²) in [6.07, 6.45) is 3.90. The van der Waals surface area contributed by atoms with E-state index >= 15 is 0 Å². The van der Waals surface area contributed by atoms with Gasteiger partial charge in [0.2, 0.25) is 0 Å². The summed E-state index contributed by atoms with van der Waals surface area (Å²) in [5.74, 6) is 0.288. The molecule has 1 heterocycles. The first-order valence-electron chi connectivity index (χ1n) is 9.87. The lowest BCUT2D eigenvalue weighted by atomic mass is 10.0. The summed E-state index contributed by atoms with van der Waals surface area (Å²) >= 11 is 0. The van der Waals surface area contributed by atoms with Gasteiger partial charge >= 0.3 is 5.97 Å². The summed E-state index contributed by atoms with van der Waals surface area (Å²) in [6, 6.07) is 16.7. The molecule has 1 aliphatic rings. The molecule has 6 nitrogen and oxygen atoms in total. The summed E-state index contributed by atoms with van der Waals surface area (Å²) in [5.41, 5.74) is 4.07. The number of carbonyl (C=O) groups is 1. The molecule has 0 unspecified atom stereocenters. The standard InChI is InChI=1S/C24H21N3O3/c1-2-30-22-19(17-8-6-15(13-25)7-9-17)4-3-5-21(22)27-23-20(24(28)29)12-18(14-26-23)16-10-11-16/h3-9,12,14,16H,2,10-11H2,1H3,(H,26,27)(H,28,29). The van der Waals surface area contributed by atoms with Crippen LogP contribution in [-0.4, -0.2) is 22.7 Å². The zero-order chi connectivity index (χ0) is 21.1. The number of para-hydroxylation sites is 1. The molecule has 0 aliphatic heterocycles. The van der Waals surface area contributed by atoms with Gasteiger partial charge in [0.1, 0.15) is 11.4 Å². The lowest BCUT2D eigenvalue weighted by Gasteiger charge is -2.17. The third-order valence-electron chi connectivity index (χ3n) is 5.07. The number of nitriles is 1. The van der Waals surface area contributed by atoms with E-state index < -0.39 is 5.97 Å². The van der Waals surface area contributed by atoms with Gasteiger partial charge in [-0.05, 0) is 61.1 Å². The minimum absolute atomic E-state index is 0.144. The van der Waals surface area contributed by atoms with E-state index in [1.165, 1.54) is 0 Å². The molecule has 30 heavy (non-hydrogen) atoms. The molecule has 1 fully saturated rings. The van der Waals surface area contributed by atoms with Gasteiger partial charge in [-0.1, -0.05) is 24.3 Å². The fraction of sp³-hybridized carbons (Fsp3) is 0.208. The van der Waals surface area contributed by atoms with Crippen molar-refractivity contribution >= 4 is 17.5 Å². The van der Waals surface area contributed by atoms with Gasteiger partial charge in [0.25, 0.3) is 0 Å². The van der Waals surface area contributed by atoms with Crippen molar-refractivity contribution in [2.24, 2.45) is 0 Å². The van der Waals surface area contributed by atoms with Crippen molar-refractivity contribution in [3.63, 3.8) is 0 Å². The van der Waals surface area contributed by atoms with Gasteiger partial charge in [0.05, 0.1) is 23.9 Å². The Labute approximate surface area is 174 Å². The third kappa shape index (κ3) is 3.96. The SMILES string of the molecule is CCOc1c(Nc2ncc(C3CC3)cc2C(=O)O)cccc1-c1ccc(C#N)cc1. The number of hydrogen-bond acceptors (Lipinski definition) is 5. The zero-order valence-electron chi connectivity index (χ0n) is 16.6. The molecule has 4 rings (SSSR count). The van der Waals surface area contributed by atoms with E-state index in [2.05, 4.69) is 16.4 Å². The van der Waals surface area contributed by atoms with Crippen LogP contribution in [0.2, 0.25) is 0 Å². The van der Waals surface area contributed by atoms with Crippen molar-refractivity contribution < 1.29 is 14.6 Å². The highest BCUT2D eigenvalue weighted by Crippen LogP contribution is 2.42. The van der Waals surface area contributed by atoms with Gasteiger partial charge in [-0.3, -0.25) is 0 Å². The molecule has 0 bridgehead atoms. The van der Waals surface area contributed by atoms with Crippen LogP contribution in [0.15, 0.2) is 54.7 Å². The van der Waals surface area contributed by atoms with Crippen LogP contribution in [0.1, 0.15) is 47.2 Å². The summed E-state index contributed by atoms with van der Waals surface area (Å²) in [7, 11) is 0. The number of nitrogens with one attached hydrogen (secondary N) is 1. The van der Waals surface area contributed by atoms with Crippen molar-refractivity contribution in [2.75, 3.05) is 11.9 Å². The average molecular weight is 399 g/mol. The molecule has 150 valence electrons. The minimum Gasteiger partial charge on any atom is -0.491 e. The van der Waals surface area contributed by atoms with E-state index in [-0.39, 0.29) is 11.4 Å². The average Bonchev–Trinajstić information content (AvgIpc) is 3.61. The molecule has 1 aliphatic carbocycles. The van der Waals surface area contributed by atoms with Crippen LogP contribution in [0.3, 0.4) is 0 Å². The number of carboxylic acids is 1. The fourth-order valence-electron chi connectivity index (χ4n) is 3.40. The second kappa shape index (κ2) is 8.26. The van der Waals surface area contributed by atoms with Crippen LogP contribution in [0, 0.1) is 11.3 Å². The Balaban J connectivity index is 1.74. The molecule has 6 heteroatoms. The molecule has 0 atom stereocenters. The molecular weight excluding hydrogens is 378 g/mol. The molecule has 3 aromatic rings. The van der Waals surface area contributed by atoms with Crippen molar-refractivity contribution in [1.82, 2.24) is 4.98 Å². The number of hydrogen-bond donors (Lipinski definition) is 2. The number of anilines is 2. The molecule has 0 amide bonds. The predicted octanol–water partition coefficient (Wildman–Crippen LogP) is 5.34. The first kappa shape index (κ1) is 19.5. The third-order valence-corrected chi connectivity index (χ3v) is 5.07. The lowest BCUT2D eigenvalue weighted by Crippen LogP contribution is -2.07. The largest absolute Gasteiger partial charge is 0.491 e. The number of aromatic nitrogens is 1. The van der Waals surface area contributed by atoms with Crippen LogP contribution in [0.4, 0.5) is 11.5 Å². The molecule has 0 spiro atoms. The van der Waals surface area contributed by atoms with Crippen LogP contribution in [-0.2, 0) is 0 Å². The van der Waals surface area contributed by atoms with E-state index in [9.17, 15) is 9.90 Å². The van der Waals surface area contributed by atoms with E-state index in [0.717, 1.165) is 29.5 Å². The van der Waals surface area contributed by atoms with Gasteiger partial charge in [0, 0.05) is 11.8 Å². The van der Waals surface area contributed by atoms with Gasteiger partial charge < -0.3 is 15.2 Å². The Bertz CT molecular complexity index is 1130. The molecule has 2 aromatic carbocycles. The summed E-state index contributed by atoms with van der Waals surface area (Å²) in [6.45, 7) is 2.34. The van der Waals surface area contributed by atoms with Crippen molar-refractivity contribution in [1.29, 1.82) is 5.26 Å². The molecule has 1 saturated carbocycles. The van der Waals surface area contributed by atoms with Crippen molar-refractivity contribution in [3.05, 3.63) is 71.4 Å². The van der Waals surface area contributed by atoms with Crippen LogP contribution >= 0.6 is 0 Å². The topological polar surface area (TPSA) is 95.2 Å². The maximum Gasteiger partial charge on any atom is 0.339 e. The molecule has 1 aromatic heterocycles. The second-order valence-electron chi connectivity index (χ2n) is 7.17. The van der Waals surface area contributed by atoms with Gasteiger partial charge in [-0.25, -0.2) is 9.78 Å². The number of ether oxygens (including phenoxy) is 1. The second-order valence-corrected chi connectivity index (χ2v) is 7.17. The Kier molecular flexibility index (Phi) is 5.36. The van der Waals surface area contributed by atoms with E-state index in [0.29, 0.717) is 29.5 Å². The Morgan fingerprint density at radius 1 is 1.27 bits per heavy atom. The Morgan fingerprint density at radius 2 is 2.03 bits per heavy atom. The number of aromatic carboxylic acids is 1. The predicted molar refractivity (Wildman–Crippen MR) is 114 cm³/mol. The summed E-state index contributed by atoms with van der Waals surface area (Å²) < 4.78 is 5.92. The molecule has 0 saturated heterocycles. The molecule has 2 N–H and O–H groups in total. The first-order chi connectivity index (χ1) is 14.6. The molecular formula is C24H21N3O3. The highest BCUT2D eigenvalue weighted by atomic mass is 16.5. The number of carboxylic acid groups (broad SMARTS) is 1. The Hall–Kier alpha value is -3.85. The summed E-state index contributed by atoms with van der Waals surface area (Å²) in [5, 5.41) is 21.9. The van der Waals surface area contributed by atoms with Crippen LogP contribution in [0.25, 0.3) is 11.1 Å². The number of nitrogens with zero attached hydrogens (tertiary/aromatic N) is 2. The van der Waals surface area contributed by atoms with Crippen molar-refractivity contribution in [2.45, 2.75) is 25.7 Å². The maximum atomic E-state index is 11.8. The van der Waals surface area contributed by atoms with Crippen molar-refractivity contribution in [3.8, 4) is 22.9 Å². The van der Waals surface area contributed by atoms with E-state index in [4.69, 9.17) is 10.00 Å². The summed E-state index contributed by atoms with van der Waals surface area (Å²) in [4.78, 5) is 16.2. The smallest absolute Gasteiger partial charge is 0.339 e. The highest BCUT2D eigenvalue weighted by Gasteiger charge is 2.26. The van der Waals surface area contributed by atoms with E-state index in [1.54, 1.807) is 24.4 Å². The number of rotatable bonds is 7. The van der Waals surface area contributed by atoms with Gasteiger partial charge in [-0.15, -0.1) is 0 Å². The van der Waals surface area contributed by atoms with Gasteiger partial charge in [0.15, 0.2) is 5.75 Å². The van der Waals surface area contributed by atoms with Gasteiger partial charge in [-0.2, -0.15) is 5.26 Å². The lowest BCUT2D eigenvalue weighted by molar-refractivity contribution is 0.0697. The first-order valence-corrected chi connectivity index (χ1v) is 9.87.